The Hall–Kier alpha value is -3.98. The third kappa shape index (κ3) is 4.81. The minimum absolute atomic E-state index is 0.108. The third-order valence-electron chi connectivity index (χ3n) is 5.39. The Balaban J connectivity index is 1.37. The van der Waals surface area contributed by atoms with Gasteiger partial charge in [-0.2, -0.15) is 5.10 Å². The van der Waals surface area contributed by atoms with Crippen molar-refractivity contribution in [2.45, 2.75) is 33.4 Å². The number of anilines is 1. The van der Waals surface area contributed by atoms with Gasteiger partial charge in [-0.25, -0.2) is 19.0 Å². The first-order valence-corrected chi connectivity index (χ1v) is 11.9. The van der Waals surface area contributed by atoms with E-state index in [0.29, 0.717) is 46.4 Å². The van der Waals surface area contributed by atoms with E-state index < -0.39 is 5.82 Å². The number of hydrogen-bond acceptors (Lipinski definition) is 7. The Morgan fingerprint density at radius 1 is 1.00 bits per heavy atom. The fourth-order valence-corrected chi connectivity index (χ4v) is 4.57. The summed E-state index contributed by atoms with van der Waals surface area (Å²) >= 11 is 1.65. The Morgan fingerprint density at radius 3 is 2.49 bits per heavy atom. The average Bonchev–Trinajstić information content (AvgIpc) is 3.42. The molecule has 2 N–H and O–H groups in total. The van der Waals surface area contributed by atoms with Crippen molar-refractivity contribution in [2.75, 3.05) is 5.73 Å². The molecule has 0 spiro atoms. The Bertz CT molecular complexity index is 1490. The number of halogens is 1. The van der Waals surface area contributed by atoms with Crippen molar-refractivity contribution < 1.29 is 13.9 Å². The van der Waals surface area contributed by atoms with Crippen LogP contribution < -0.4 is 15.2 Å². The van der Waals surface area contributed by atoms with Crippen LogP contribution >= 0.6 is 11.3 Å². The summed E-state index contributed by atoms with van der Waals surface area (Å²) in [4.78, 5) is 10.8. The fraction of sp³-hybridized carbons (Fsp3) is 0.192. The molecular formula is C26H24FN5O2S. The summed E-state index contributed by atoms with van der Waals surface area (Å²) in [5.41, 5.74) is 8.39. The van der Waals surface area contributed by atoms with Crippen LogP contribution in [0.3, 0.4) is 0 Å². The Labute approximate surface area is 206 Å². The van der Waals surface area contributed by atoms with Crippen LogP contribution in [0.5, 0.6) is 17.2 Å². The lowest BCUT2D eigenvalue weighted by atomic mass is 10.1. The summed E-state index contributed by atoms with van der Waals surface area (Å²) in [5, 5.41) is 5.44. The van der Waals surface area contributed by atoms with E-state index >= 15 is 0 Å². The monoisotopic (exact) mass is 489 g/mol. The SMILES string of the molecule is Cc1ccc(COc2cc(F)cc(Oc3ccc(-c4nn(C(C)C)c5ncnc(N)c45)cc3)c2)s1. The van der Waals surface area contributed by atoms with Gasteiger partial charge < -0.3 is 15.2 Å². The molecule has 3 aromatic heterocycles. The van der Waals surface area contributed by atoms with Gasteiger partial charge in [-0.3, -0.25) is 0 Å². The maximum atomic E-state index is 14.2. The summed E-state index contributed by atoms with van der Waals surface area (Å²) in [6.45, 7) is 6.47. The highest BCUT2D eigenvalue weighted by Gasteiger charge is 2.18. The van der Waals surface area contributed by atoms with Crippen LogP contribution in [-0.4, -0.2) is 19.7 Å². The molecule has 0 aliphatic rings. The minimum Gasteiger partial charge on any atom is -0.488 e. The molecule has 3 heterocycles. The van der Waals surface area contributed by atoms with Crippen LogP contribution in [0.25, 0.3) is 22.3 Å². The van der Waals surface area contributed by atoms with Crippen LogP contribution in [0.1, 0.15) is 29.6 Å². The van der Waals surface area contributed by atoms with Crippen molar-refractivity contribution in [1.82, 2.24) is 19.7 Å². The molecule has 0 saturated carbocycles. The largest absolute Gasteiger partial charge is 0.488 e. The van der Waals surface area contributed by atoms with Gasteiger partial charge in [0.25, 0.3) is 0 Å². The van der Waals surface area contributed by atoms with Crippen molar-refractivity contribution in [3.8, 4) is 28.5 Å². The standard InChI is InChI=1S/C26H24FN5O2S/c1-15(2)32-26-23(25(28)29-14-30-26)24(31-32)17-5-7-19(8-6-17)34-21-11-18(27)10-20(12-21)33-13-22-9-4-16(3)35-22/h4-12,14-15H,13H2,1-3H3,(H2,28,29,30). The lowest BCUT2D eigenvalue weighted by Gasteiger charge is -2.10. The van der Waals surface area contributed by atoms with Crippen molar-refractivity contribution in [2.24, 2.45) is 0 Å². The van der Waals surface area contributed by atoms with Gasteiger partial charge in [0.2, 0.25) is 0 Å². The quantitative estimate of drug-likeness (QED) is 0.279. The average molecular weight is 490 g/mol. The predicted octanol–water partition coefficient (Wildman–Crippen LogP) is 6.54. The molecule has 0 aliphatic heterocycles. The summed E-state index contributed by atoms with van der Waals surface area (Å²) in [7, 11) is 0. The van der Waals surface area contributed by atoms with Crippen LogP contribution in [0.4, 0.5) is 10.2 Å². The molecule has 0 atom stereocenters. The Morgan fingerprint density at radius 2 is 1.77 bits per heavy atom. The molecule has 0 bridgehead atoms. The minimum atomic E-state index is -0.433. The van der Waals surface area contributed by atoms with Gasteiger partial charge in [-0.05, 0) is 57.2 Å². The van der Waals surface area contributed by atoms with E-state index in [0.717, 1.165) is 10.4 Å². The summed E-state index contributed by atoms with van der Waals surface area (Å²) in [6.07, 6.45) is 1.44. The van der Waals surface area contributed by atoms with Gasteiger partial charge in [0.1, 0.15) is 47.5 Å². The first-order chi connectivity index (χ1) is 16.9. The van der Waals surface area contributed by atoms with E-state index in [1.165, 1.54) is 23.3 Å². The second-order valence-electron chi connectivity index (χ2n) is 8.39. The number of thiophene rings is 1. The highest BCUT2D eigenvalue weighted by Crippen LogP contribution is 2.34. The van der Waals surface area contributed by atoms with Crippen LogP contribution in [-0.2, 0) is 6.61 Å². The molecule has 5 rings (SSSR count). The van der Waals surface area contributed by atoms with E-state index in [9.17, 15) is 4.39 Å². The van der Waals surface area contributed by atoms with Gasteiger partial charge in [0.15, 0.2) is 5.65 Å². The molecule has 178 valence electrons. The van der Waals surface area contributed by atoms with Crippen molar-refractivity contribution in [3.63, 3.8) is 0 Å². The zero-order chi connectivity index (χ0) is 24.5. The Kier molecular flexibility index (Phi) is 6.08. The molecule has 0 amide bonds. The van der Waals surface area contributed by atoms with E-state index in [1.54, 1.807) is 29.5 Å². The van der Waals surface area contributed by atoms with Crippen molar-refractivity contribution in [3.05, 3.63) is 76.5 Å². The molecule has 0 fully saturated rings. The maximum Gasteiger partial charge on any atom is 0.164 e. The molecular weight excluding hydrogens is 465 g/mol. The fourth-order valence-electron chi connectivity index (χ4n) is 3.77. The van der Waals surface area contributed by atoms with E-state index in [2.05, 4.69) is 9.97 Å². The number of hydrogen-bond donors (Lipinski definition) is 1. The summed E-state index contributed by atoms with van der Waals surface area (Å²) in [6, 6.07) is 15.9. The first kappa shape index (κ1) is 22.8. The molecule has 0 aliphatic carbocycles. The number of nitrogen functional groups attached to an aromatic ring is 1. The van der Waals surface area contributed by atoms with Gasteiger partial charge in [0.05, 0.1) is 5.39 Å². The molecule has 0 radical (unpaired) electrons. The maximum absolute atomic E-state index is 14.2. The normalized spacial score (nSPS) is 11.3. The third-order valence-corrected chi connectivity index (χ3v) is 6.37. The van der Waals surface area contributed by atoms with E-state index in [1.807, 2.05) is 49.7 Å². The van der Waals surface area contributed by atoms with Gasteiger partial charge >= 0.3 is 0 Å². The highest BCUT2D eigenvalue weighted by molar-refractivity contribution is 7.11. The number of ether oxygens (including phenoxy) is 2. The number of benzene rings is 2. The number of nitrogens with two attached hydrogens (primary N) is 1. The zero-order valence-corrected chi connectivity index (χ0v) is 20.3. The molecule has 9 heteroatoms. The lowest BCUT2D eigenvalue weighted by Crippen LogP contribution is -2.04. The van der Waals surface area contributed by atoms with Crippen LogP contribution in [0, 0.1) is 12.7 Å². The molecule has 5 aromatic rings. The predicted molar refractivity (Wildman–Crippen MR) is 135 cm³/mol. The molecule has 35 heavy (non-hydrogen) atoms. The number of aryl methyl sites for hydroxylation is 1. The van der Waals surface area contributed by atoms with Crippen molar-refractivity contribution in [1.29, 1.82) is 0 Å². The number of fused-ring (bicyclic) bond motifs is 1. The molecule has 7 nitrogen and oxygen atoms in total. The summed E-state index contributed by atoms with van der Waals surface area (Å²) < 4.78 is 27.7. The zero-order valence-electron chi connectivity index (χ0n) is 19.5. The second kappa shape index (κ2) is 9.34. The van der Waals surface area contributed by atoms with E-state index in [-0.39, 0.29) is 6.04 Å². The topological polar surface area (TPSA) is 88.1 Å². The van der Waals surface area contributed by atoms with Crippen LogP contribution in [0.15, 0.2) is 60.9 Å². The van der Waals surface area contributed by atoms with E-state index in [4.69, 9.17) is 20.3 Å². The molecule has 2 aromatic carbocycles. The lowest BCUT2D eigenvalue weighted by molar-refractivity contribution is 0.306. The number of nitrogens with zero attached hydrogens (tertiary/aromatic N) is 4. The molecule has 0 unspecified atom stereocenters. The second-order valence-corrected chi connectivity index (χ2v) is 9.77. The highest BCUT2D eigenvalue weighted by atomic mass is 32.1. The van der Waals surface area contributed by atoms with Gasteiger partial charge in [-0.1, -0.05) is 0 Å². The smallest absolute Gasteiger partial charge is 0.164 e. The van der Waals surface area contributed by atoms with Crippen molar-refractivity contribution >= 4 is 28.2 Å². The molecule has 0 saturated heterocycles. The number of rotatable bonds is 7. The first-order valence-electron chi connectivity index (χ1n) is 11.1. The van der Waals surface area contributed by atoms with Gasteiger partial charge in [-0.15, -0.1) is 11.3 Å². The van der Waals surface area contributed by atoms with Gasteiger partial charge in [0, 0.05) is 39.6 Å². The van der Waals surface area contributed by atoms with Crippen LogP contribution in [0.2, 0.25) is 0 Å². The summed E-state index contributed by atoms with van der Waals surface area (Å²) in [5.74, 6) is 1.25. The number of aromatic nitrogens is 4.